The van der Waals surface area contributed by atoms with E-state index in [1.807, 2.05) is 36.4 Å². The third kappa shape index (κ3) is 4.93. The molecule has 24 heavy (non-hydrogen) atoms. The highest BCUT2D eigenvalue weighted by Gasteiger charge is 2.18. The Bertz CT molecular complexity index is 621. The van der Waals surface area contributed by atoms with Gasteiger partial charge in [0, 0.05) is 0 Å². The lowest BCUT2D eigenvalue weighted by Crippen LogP contribution is -2.41. The molecule has 0 bridgehead atoms. The van der Waals surface area contributed by atoms with Crippen molar-refractivity contribution in [3.8, 4) is 0 Å². The van der Waals surface area contributed by atoms with Crippen LogP contribution in [0, 0.1) is 0 Å². The zero-order valence-corrected chi connectivity index (χ0v) is 14.2. The van der Waals surface area contributed by atoms with Gasteiger partial charge in [-0.05, 0) is 43.5 Å². The van der Waals surface area contributed by atoms with Crippen LogP contribution in [0.15, 0.2) is 60.7 Å². The van der Waals surface area contributed by atoms with Crippen molar-refractivity contribution in [2.24, 2.45) is 0 Å². The quantitative estimate of drug-likeness (QED) is 0.882. The summed E-state index contributed by atoms with van der Waals surface area (Å²) in [5.41, 5.74) is 2.40. The highest BCUT2D eigenvalue weighted by Crippen LogP contribution is 2.18. The highest BCUT2D eigenvalue weighted by atomic mass is 16.2. The smallest absolute Gasteiger partial charge is 0.234 e. The van der Waals surface area contributed by atoms with Crippen LogP contribution in [0.3, 0.4) is 0 Å². The monoisotopic (exact) mass is 322 g/mol. The maximum Gasteiger partial charge on any atom is 0.234 e. The second-order valence-corrected chi connectivity index (χ2v) is 6.56. The number of hydrogen-bond acceptors (Lipinski definition) is 2. The Labute approximate surface area is 144 Å². The van der Waals surface area contributed by atoms with Crippen LogP contribution in [0.5, 0.6) is 0 Å². The second-order valence-electron chi connectivity index (χ2n) is 6.56. The van der Waals surface area contributed by atoms with Crippen molar-refractivity contribution >= 4 is 5.91 Å². The van der Waals surface area contributed by atoms with Crippen molar-refractivity contribution in [1.82, 2.24) is 10.2 Å². The zero-order chi connectivity index (χ0) is 16.6. The number of carbonyl (C=O) groups is 1. The average Bonchev–Trinajstić information content (AvgIpc) is 2.63. The first-order valence-electron chi connectivity index (χ1n) is 8.92. The molecule has 0 aliphatic carbocycles. The number of likely N-dealkylation sites (tertiary alicyclic amines) is 1. The summed E-state index contributed by atoms with van der Waals surface area (Å²) in [6, 6.07) is 20.6. The first-order valence-corrected chi connectivity index (χ1v) is 8.92. The molecule has 0 aromatic heterocycles. The molecule has 2 aromatic rings. The lowest BCUT2D eigenvalue weighted by molar-refractivity contribution is -0.123. The van der Waals surface area contributed by atoms with E-state index in [9.17, 15) is 4.79 Å². The number of rotatable bonds is 6. The molecule has 0 unspecified atom stereocenters. The van der Waals surface area contributed by atoms with Gasteiger partial charge in [0.15, 0.2) is 0 Å². The molecule has 1 aliphatic rings. The van der Waals surface area contributed by atoms with Crippen LogP contribution in [0.4, 0.5) is 0 Å². The van der Waals surface area contributed by atoms with Crippen LogP contribution in [0.2, 0.25) is 0 Å². The van der Waals surface area contributed by atoms with E-state index in [0.29, 0.717) is 6.54 Å². The van der Waals surface area contributed by atoms with Crippen LogP contribution in [0.25, 0.3) is 0 Å². The molecule has 0 spiro atoms. The van der Waals surface area contributed by atoms with Gasteiger partial charge in [0.25, 0.3) is 0 Å². The number of benzene rings is 2. The van der Waals surface area contributed by atoms with Crippen molar-refractivity contribution < 1.29 is 4.79 Å². The molecular formula is C21H26N2O. The summed E-state index contributed by atoms with van der Waals surface area (Å²) in [4.78, 5) is 14.8. The molecular weight excluding hydrogens is 296 g/mol. The van der Waals surface area contributed by atoms with Crippen LogP contribution in [-0.4, -0.2) is 30.4 Å². The van der Waals surface area contributed by atoms with Gasteiger partial charge in [0.05, 0.1) is 12.6 Å². The van der Waals surface area contributed by atoms with Gasteiger partial charge >= 0.3 is 0 Å². The normalized spacial score (nSPS) is 16.5. The Morgan fingerprint density at radius 1 is 0.917 bits per heavy atom. The molecule has 1 heterocycles. The molecule has 1 aliphatic heterocycles. The molecule has 2 aromatic carbocycles. The minimum atomic E-state index is 0.0193. The highest BCUT2D eigenvalue weighted by molar-refractivity contribution is 5.78. The van der Waals surface area contributed by atoms with E-state index in [4.69, 9.17) is 0 Å². The lowest BCUT2D eigenvalue weighted by Gasteiger charge is -2.27. The summed E-state index contributed by atoms with van der Waals surface area (Å²) in [7, 11) is 0. The molecule has 0 saturated carbocycles. The van der Waals surface area contributed by atoms with Gasteiger partial charge < -0.3 is 5.32 Å². The fourth-order valence-corrected chi connectivity index (χ4v) is 3.35. The molecule has 1 atom stereocenters. The van der Waals surface area contributed by atoms with E-state index < -0.39 is 0 Å². The number of hydrogen-bond donors (Lipinski definition) is 1. The maximum absolute atomic E-state index is 12.5. The molecule has 1 amide bonds. The molecule has 1 N–H and O–H groups in total. The van der Waals surface area contributed by atoms with E-state index in [-0.39, 0.29) is 11.9 Å². The Morgan fingerprint density at radius 3 is 2.21 bits per heavy atom. The van der Waals surface area contributed by atoms with Gasteiger partial charge in [-0.3, -0.25) is 9.69 Å². The van der Waals surface area contributed by atoms with Crippen LogP contribution in [-0.2, 0) is 11.2 Å². The standard InChI is InChI=1S/C21H26N2O/c24-21(17-23-14-8-3-9-15-23)22-20(19-12-6-2-7-13-19)16-18-10-4-1-5-11-18/h1-2,4-7,10-13,20H,3,8-9,14-17H2,(H,22,24)/t20-/m0/s1. The average molecular weight is 322 g/mol. The summed E-state index contributed by atoms with van der Waals surface area (Å²) in [5.74, 6) is 0.127. The third-order valence-electron chi connectivity index (χ3n) is 4.64. The van der Waals surface area contributed by atoms with Gasteiger partial charge in [0.1, 0.15) is 0 Å². The molecule has 3 rings (SSSR count). The molecule has 1 saturated heterocycles. The second kappa shape index (κ2) is 8.65. The third-order valence-corrected chi connectivity index (χ3v) is 4.64. The van der Waals surface area contributed by atoms with Crippen molar-refractivity contribution in [3.63, 3.8) is 0 Å². The number of amides is 1. The first kappa shape index (κ1) is 16.7. The Kier molecular flexibility index (Phi) is 6.02. The molecule has 126 valence electrons. The van der Waals surface area contributed by atoms with Gasteiger partial charge in [-0.1, -0.05) is 67.1 Å². The van der Waals surface area contributed by atoms with Gasteiger partial charge in [-0.25, -0.2) is 0 Å². The van der Waals surface area contributed by atoms with E-state index in [0.717, 1.165) is 25.1 Å². The van der Waals surface area contributed by atoms with Crippen LogP contribution >= 0.6 is 0 Å². The Balaban J connectivity index is 1.66. The fraction of sp³-hybridized carbons (Fsp3) is 0.381. The summed E-state index contributed by atoms with van der Waals surface area (Å²) < 4.78 is 0. The van der Waals surface area contributed by atoms with Gasteiger partial charge in [-0.2, -0.15) is 0 Å². The van der Waals surface area contributed by atoms with E-state index >= 15 is 0 Å². The van der Waals surface area contributed by atoms with Crippen LogP contribution < -0.4 is 5.32 Å². The van der Waals surface area contributed by atoms with Crippen LogP contribution in [0.1, 0.15) is 36.4 Å². The molecule has 3 heteroatoms. The van der Waals surface area contributed by atoms with Crippen molar-refractivity contribution in [2.75, 3.05) is 19.6 Å². The largest absolute Gasteiger partial charge is 0.348 e. The predicted octanol–water partition coefficient (Wildman–Crippen LogP) is 3.57. The Hall–Kier alpha value is -2.13. The van der Waals surface area contributed by atoms with E-state index in [2.05, 4.69) is 34.5 Å². The first-order chi connectivity index (χ1) is 11.8. The van der Waals surface area contributed by atoms with E-state index in [1.54, 1.807) is 0 Å². The summed E-state index contributed by atoms with van der Waals surface area (Å²) in [5, 5.41) is 3.25. The minimum Gasteiger partial charge on any atom is -0.348 e. The van der Waals surface area contributed by atoms with Crippen molar-refractivity contribution in [3.05, 3.63) is 71.8 Å². The zero-order valence-electron chi connectivity index (χ0n) is 14.2. The number of nitrogens with one attached hydrogen (secondary N) is 1. The topological polar surface area (TPSA) is 32.3 Å². The number of carbonyl (C=O) groups excluding carboxylic acids is 1. The SMILES string of the molecule is O=C(CN1CCCCC1)N[C@@H](Cc1ccccc1)c1ccccc1. The van der Waals surface area contributed by atoms with E-state index in [1.165, 1.54) is 24.8 Å². The van der Waals surface area contributed by atoms with Crippen molar-refractivity contribution in [2.45, 2.75) is 31.7 Å². The van der Waals surface area contributed by atoms with Gasteiger partial charge in [0.2, 0.25) is 5.91 Å². The van der Waals surface area contributed by atoms with Gasteiger partial charge in [-0.15, -0.1) is 0 Å². The summed E-state index contributed by atoms with van der Waals surface area (Å²) in [6.45, 7) is 2.60. The molecule has 0 radical (unpaired) electrons. The number of nitrogens with zero attached hydrogens (tertiary/aromatic N) is 1. The Morgan fingerprint density at radius 2 is 1.54 bits per heavy atom. The predicted molar refractivity (Wildman–Crippen MR) is 97.8 cm³/mol. The minimum absolute atomic E-state index is 0.0193. The lowest BCUT2D eigenvalue weighted by atomic mass is 9.99. The summed E-state index contributed by atoms with van der Waals surface area (Å²) in [6.07, 6.45) is 4.52. The fourth-order valence-electron chi connectivity index (χ4n) is 3.35. The number of piperidine rings is 1. The van der Waals surface area contributed by atoms with Crippen molar-refractivity contribution in [1.29, 1.82) is 0 Å². The maximum atomic E-state index is 12.5. The summed E-state index contributed by atoms with van der Waals surface area (Å²) >= 11 is 0. The molecule has 3 nitrogen and oxygen atoms in total. The molecule has 1 fully saturated rings.